The summed E-state index contributed by atoms with van der Waals surface area (Å²) in [5, 5.41) is 37.4. The molecular weight excluding hydrogens is 216 g/mol. The topological polar surface area (TPSA) is 99.4 Å². The minimum absolute atomic E-state index is 0.221. The molecule has 5 atom stereocenters. The monoisotopic (exact) mass is 234 g/mol. The Bertz CT molecular complexity index is 229. The predicted molar refractivity (Wildman–Crippen MR) is 54.5 cm³/mol. The Kier molecular flexibility index (Phi) is 5.33. The van der Waals surface area contributed by atoms with E-state index >= 15 is 0 Å². The molecule has 1 aliphatic rings. The molecule has 0 amide bonds. The van der Waals surface area contributed by atoms with Crippen molar-refractivity contribution in [2.45, 2.75) is 37.6 Å². The van der Waals surface area contributed by atoms with E-state index in [1.54, 1.807) is 12.2 Å². The van der Waals surface area contributed by atoms with Gasteiger partial charge in [-0.1, -0.05) is 12.2 Å². The average molecular weight is 234 g/mol. The van der Waals surface area contributed by atoms with Crippen LogP contribution in [-0.2, 0) is 9.47 Å². The van der Waals surface area contributed by atoms with Gasteiger partial charge in [-0.2, -0.15) is 0 Å². The molecule has 0 aliphatic carbocycles. The largest absolute Gasteiger partial charge is 0.394 e. The highest BCUT2D eigenvalue weighted by Gasteiger charge is 2.43. The van der Waals surface area contributed by atoms with E-state index in [4.69, 9.17) is 14.6 Å². The van der Waals surface area contributed by atoms with Gasteiger partial charge < -0.3 is 29.9 Å². The van der Waals surface area contributed by atoms with Gasteiger partial charge in [0.05, 0.1) is 13.2 Å². The van der Waals surface area contributed by atoms with Gasteiger partial charge >= 0.3 is 0 Å². The zero-order chi connectivity index (χ0) is 12.1. The maximum atomic E-state index is 9.55. The summed E-state index contributed by atoms with van der Waals surface area (Å²) in [5.74, 6) is 0. The fourth-order valence-electron chi connectivity index (χ4n) is 1.45. The maximum Gasteiger partial charge on any atom is 0.187 e. The molecule has 0 bridgehead atoms. The summed E-state index contributed by atoms with van der Waals surface area (Å²) in [6.07, 6.45) is -2.56. The van der Waals surface area contributed by atoms with E-state index in [2.05, 4.69) is 0 Å². The van der Waals surface area contributed by atoms with Crippen molar-refractivity contribution in [2.75, 3.05) is 13.2 Å². The van der Waals surface area contributed by atoms with Gasteiger partial charge in [0.15, 0.2) is 6.29 Å². The molecule has 0 aromatic heterocycles. The lowest BCUT2D eigenvalue weighted by Crippen LogP contribution is -2.59. The number of hydrogen-bond acceptors (Lipinski definition) is 6. The second kappa shape index (κ2) is 6.29. The van der Waals surface area contributed by atoms with Crippen LogP contribution in [0.2, 0.25) is 0 Å². The molecule has 0 radical (unpaired) electrons. The van der Waals surface area contributed by atoms with Gasteiger partial charge in [-0.05, 0) is 6.92 Å². The Balaban J connectivity index is 2.56. The van der Waals surface area contributed by atoms with Gasteiger partial charge in [0.25, 0.3) is 0 Å². The second-order valence-electron chi connectivity index (χ2n) is 3.60. The molecule has 16 heavy (non-hydrogen) atoms. The number of rotatable bonds is 4. The van der Waals surface area contributed by atoms with Crippen molar-refractivity contribution >= 4 is 0 Å². The Morgan fingerprint density at radius 2 is 1.88 bits per heavy atom. The van der Waals surface area contributed by atoms with Crippen molar-refractivity contribution < 1.29 is 29.9 Å². The summed E-state index contributed by atoms with van der Waals surface area (Å²) < 4.78 is 10.3. The number of ether oxygens (including phenoxy) is 2. The highest BCUT2D eigenvalue weighted by molar-refractivity contribution is 4.89. The number of allylic oxidation sites excluding steroid dienone is 1. The molecule has 1 aliphatic heterocycles. The van der Waals surface area contributed by atoms with Crippen molar-refractivity contribution in [3.05, 3.63) is 12.2 Å². The normalized spacial score (nSPS) is 40.4. The van der Waals surface area contributed by atoms with E-state index in [-0.39, 0.29) is 6.61 Å². The first-order valence-corrected chi connectivity index (χ1v) is 5.15. The molecule has 6 nitrogen and oxygen atoms in total. The Labute approximate surface area is 93.7 Å². The molecule has 1 saturated heterocycles. The Hall–Kier alpha value is -0.500. The summed E-state index contributed by atoms with van der Waals surface area (Å²) in [7, 11) is 0. The summed E-state index contributed by atoms with van der Waals surface area (Å²) in [5.41, 5.74) is 0. The van der Waals surface area contributed by atoms with Crippen LogP contribution in [0.3, 0.4) is 0 Å². The van der Waals surface area contributed by atoms with E-state index in [1.807, 2.05) is 6.92 Å². The third-order valence-corrected chi connectivity index (χ3v) is 2.44. The van der Waals surface area contributed by atoms with Crippen LogP contribution in [0.25, 0.3) is 0 Å². The van der Waals surface area contributed by atoms with Crippen molar-refractivity contribution in [3.63, 3.8) is 0 Å². The van der Waals surface area contributed by atoms with Gasteiger partial charge in [-0.15, -0.1) is 0 Å². The molecule has 0 aromatic rings. The molecule has 3 unspecified atom stereocenters. The molecule has 1 heterocycles. The second-order valence-corrected chi connectivity index (χ2v) is 3.60. The molecular formula is C10H18O6. The standard InChI is InChI=1S/C10H18O6/c1-2-3-4-15-10-9(14)8(13)7(12)6(5-11)16-10/h2-3,6-14H,4-5H2,1H3/b3-2+/t6?,7?,8-,9?,10+/m0/s1. The average Bonchev–Trinajstić information content (AvgIpc) is 2.29. The molecule has 1 fully saturated rings. The van der Waals surface area contributed by atoms with Crippen LogP contribution in [-0.4, -0.2) is 64.3 Å². The van der Waals surface area contributed by atoms with Crippen LogP contribution in [0.15, 0.2) is 12.2 Å². The zero-order valence-corrected chi connectivity index (χ0v) is 9.06. The molecule has 4 N–H and O–H groups in total. The smallest absolute Gasteiger partial charge is 0.187 e. The maximum absolute atomic E-state index is 9.55. The highest BCUT2D eigenvalue weighted by Crippen LogP contribution is 2.21. The van der Waals surface area contributed by atoms with Gasteiger partial charge in [-0.3, -0.25) is 0 Å². The first kappa shape index (κ1) is 13.6. The molecule has 6 heteroatoms. The minimum atomic E-state index is -1.39. The van der Waals surface area contributed by atoms with Gasteiger partial charge in [0, 0.05) is 0 Å². The van der Waals surface area contributed by atoms with Crippen molar-refractivity contribution in [1.82, 2.24) is 0 Å². The van der Waals surface area contributed by atoms with E-state index in [0.717, 1.165) is 0 Å². The molecule has 94 valence electrons. The van der Waals surface area contributed by atoms with Crippen molar-refractivity contribution in [3.8, 4) is 0 Å². The van der Waals surface area contributed by atoms with E-state index in [0.29, 0.717) is 0 Å². The van der Waals surface area contributed by atoms with Gasteiger partial charge in [-0.25, -0.2) is 0 Å². The van der Waals surface area contributed by atoms with Crippen LogP contribution in [0, 0.1) is 0 Å². The first-order valence-electron chi connectivity index (χ1n) is 5.15. The minimum Gasteiger partial charge on any atom is -0.394 e. The number of hydrogen-bond donors (Lipinski definition) is 4. The Morgan fingerprint density at radius 1 is 1.19 bits per heavy atom. The van der Waals surface area contributed by atoms with Gasteiger partial charge in [0.1, 0.15) is 24.4 Å². The number of aliphatic hydroxyl groups excluding tert-OH is 4. The van der Waals surface area contributed by atoms with Crippen molar-refractivity contribution in [1.29, 1.82) is 0 Å². The van der Waals surface area contributed by atoms with E-state index < -0.39 is 37.3 Å². The van der Waals surface area contributed by atoms with Crippen molar-refractivity contribution in [2.24, 2.45) is 0 Å². The number of aliphatic hydroxyl groups is 4. The molecule has 0 spiro atoms. The van der Waals surface area contributed by atoms with Crippen LogP contribution < -0.4 is 0 Å². The first-order chi connectivity index (χ1) is 7.61. The SMILES string of the molecule is C/C=C/CO[C@@H]1OC(CO)C(O)[C@H](O)C1O. The van der Waals surface area contributed by atoms with Gasteiger partial charge in [0.2, 0.25) is 0 Å². The lowest BCUT2D eigenvalue weighted by Gasteiger charge is -2.39. The fraction of sp³-hybridized carbons (Fsp3) is 0.800. The van der Waals surface area contributed by atoms with Crippen LogP contribution in [0.1, 0.15) is 6.92 Å². The summed E-state index contributed by atoms with van der Waals surface area (Å²) >= 11 is 0. The zero-order valence-electron chi connectivity index (χ0n) is 9.06. The van der Waals surface area contributed by atoms with E-state index in [9.17, 15) is 15.3 Å². The lowest BCUT2D eigenvalue weighted by molar-refractivity contribution is -0.298. The molecule has 1 rings (SSSR count). The third kappa shape index (κ3) is 3.00. The third-order valence-electron chi connectivity index (χ3n) is 2.44. The van der Waals surface area contributed by atoms with E-state index in [1.165, 1.54) is 0 Å². The lowest BCUT2D eigenvalue weighted by atomic mass is 9.99. The quantitative estimate of drug-likeness (QED) is 0.436. The van der Waals surface area contributed by atoms with Crippen LogP contribution >= 0.6 is 0 Å². The predicted octanol–water partition coefficient (Wildman–Crippen LogP) is -1.62. The highest BCUT2D eigenvalue weighted by atomic mass is 16.7. The summed E-state index contributed by atoms with van der Waals surface area (Å²) in [6, 6.07) is 0. The molecule has 0 aromatic carbocycles. The summed E-state index contributed by atoms with van der Waals surface area (Å²) in [4.78, 5) is 0. The Morgan fingerprint density at radius 3 is 2.44 bits per heavy atom. The fourth-order valence-corrected chi connectivity index (χ4v) is 1.45. The molecule has 0 saturated carbocycles. The summed E-state index contributed by atoms with van der Waals surface area (Å²) in [6.45, 7) is 1.59. The van der Waals surface area contributed by atoms with Crippen LogP contribution in [0.4, 0.5) is 0 Å². The van der Waals surface area contributed by atoms with Crippen LogP contribution in [0.5, 0.6) is 0 Å².